The molecule has 0 fully saturated rings. The monoisotopic (exact) mass is 381 g/mol. The first-order valence-electron chi connectivity index (χ1n) is 9.43. The number of nitrogens with zero attached hydrogens (tertiary/aromatic N) is 3. The standard InChI is InChI=1S/C21H28BN3O3/c1-20(2,3)13-21(4,5)14-11-15(22(26)27)19(28-6)18(12-14)25-23-16-9-7-8-10-17(16)24-25/h7-12,26-27H,13H2,1-6H3. The van der Waals surface area contributed by atoms with E-state index >= 15 is 0 Å². The van der Waals surface area contributed by atoms with E-state index in [0.717, 1.165) is 23.0 Å². The number of benzene rings is 2. The number of rotatable bonds is 5. The molecular formula is C21H28BN3O3. The van der Waals surface area contributed by atoms with E-state index in [2.05, 4.69) is 44.8 Å². The molecular weight excluding hydrogens is 353 g/mol. The first kappa shape index (κ1) is 20.4. The number of hydrogen-bond donors (Lipinski definition) is 2. The van der Waals surface area contributed by atoms with Gasteiger partial charge in [0.1, 0.15) is 22.5 Å². The minimum Gasteiger partial charge on any atom is -0.495 e. The maximum absolute atomic E-state index is 10.00. The third kappa shape index (κ3) is 4.05. The topological polar surface area (TPSA) is 80.4 Å². The molecule has 148 valence electrons. The molecule has 28 heavy (non-hydrogen) atoms. The molecule has 0 aliphatic heterocycles. The number of fused-ring (bicyclic) bond motifs is 1. The number of ether oxygens (including phenoxy) is 1. The molecule has 0 aliphatic carbocycles. The van der Waals surface area contributed by atoms with E-state index in [1.165, 1.54) is 11.9 Å². The van der Waals surface area contributed by atoms with Crippen molar-refractivity contribution in [2.24, 2.45) is 5.41 Å². The molecule has 0 bridgehead atoms. The van der Waals surface area contributed by atoms with Gasteiger partial charge in [-0.3, -0.25) is 0 Å². The van der Waals surface area contributed by atoms with Crippen LogP contribution in [0.3, 0.4) is 0 Å². The van der Waals surface area contributed by atoms with Gasteiger partial charge in [-0.1, -0.05) is 52.8 Å². The van der Waals surface area contributed by atoms with Crippen LogP contribution in [-0.2, 0) is 5.41 Å². The minimum atomic E-state index is -1.66. The molecule has 1 heterocycles. The van der Waals surface area contributed by atoms with Crippen molar-refractivity contribution in [1.29, 1.82) is 0 Å². The van der Waals surface area contributed by atoms with Crippen LogP contribution in [0.4, 0.5) is 0 Å². The smallest absolute Gasteiger partial charge is 0.492 e. The van der Waals surface area contributed by atoms with Gasteiger partial charge in [0.2, 0.25) is 0 Å². The quantitative estimate of drug-likeness (QED) is 0.665. The molecule has 0 saturated carbocycles. The van der Waals surface area contributed by atoms with Gasteiger partial charge >= 0.3 is 7.12 Å². The zero-order valence-electron chi connectivity index (χ0n) is 17.4. The van der Waals surface area contributed by atoms with E-state index in [9.17, 15) is 10.0 Å². The lowest BCUT2D eigenvalue weighted by Gasteiger charge is -2.34. The van der Waals surface area contributed by atoms with Crippen LogP contribution in [0.15, 0.2) is 36.4 Å². The molecule has 1 aromatic heterocycles. The van der Waals surface area contributed by atoms with Gasteiger partial charge in [-0.25, -0.2) is 0 Å². The summed E-state index contributed by atoms with van der Waals surface area (Å²) in [6.07, 6.45) is 0.918. The van der Waals surface area contributed by atoms with Crippen molar-refractivity contribution in [1.82, 2.24) is 15.0 Å². The van der Waals surface area contributed by atoms with E-state index in [4.69, 9.17) is 4.74 Å². The van der Waals surface area contributed by atoms with Crippen molar-refractivity contribution in [2.45, 2.75) is 46.5 Å². The fraction of sp³-hybridized carbons (Fsp3) is 0.429. The summed E-state index contributed by atoms with van der Waals surface area (Å²) in [6.45, 7) is 10.9. The second-order valence-corrected chi connectivity index (χ2v) is 9.09. The number of hydrogen-bond acceptors (Lipinski definition) is 5. The molecule has 0 spiro atoms. The highest BCUT2D eigenvalue weighted by Gasteiger charge is 2.31. The van der Waals surface area contributed by atoms with E-state index in [0.29, 0.717) is 16.9 Å². The summed E-state index contributed by atoms with van der Waals surface area (Å²) in [7, 11) is -0.155. The average molecular weight is 381 g/mol. The Labute approximate surface area is 166 Å². The number of aromatic nitrogens is 3. The van der Waals surface area contributed by atoms with E-state index in [1.807, 2.05) is 36.4 Å². The van der Waals surface area contributed by atoms with Crippen LogP contribution in [0.25, 0.3) is 16.7 Å². The van der Waals surface area contributed by atoms with Crippen LogP contribution in [0, 0.1) is 5.41 Å². The Morgan fingerprint density at radius 3 is 2.04 bits per heavy atom. The summed E-state index contributed by atoms with van der Waals surface area (Å²) >= 11 is 0. The Morgan fingerprint density at radius 1 is 1.00 bits per heavy atom. The SMILES string of the molecule is COc1c(B(O)O)cc(C(C)(C)CC(C)(C)C)cc1-n1nc2ccccc2n1. The summed E-state index contributed by atoms with van der Waals surface area (Å²) < 4.78 is 5.54. The van der Waals surface area contributed by atoms with Gasteiger partial charge < -0.3 is 14.8 Å². The second-order valence-electron chi connectivity index (χ2n) is 9.09. The van der Waals surface area contributed by atoms with Crippen LogP contribution >= 0.6 is 0 Å². The molecule has 0 radical (unpaired) electrons. The zero-order chi connectivity index (χ0) is 20.7. The highest BCUT2D eigenvalue weighted by atomic mass is 16.5. The van der Waals surface area contributed by atoms with Gasteiger partial charge in [0.05, 0.1) is 7.11 Å². The third-order valence-corrected chi connectivity index (χ3v) is 4.84. The van der Waals surface area contributed by atoms with E-state index in [-0.39, 0.29) is 10.8 Å². The lowest BCUT2D eigenvalue weighted by Crippen LogP contribution is -2.35. The minimum absolute atomic E-state index is 0.111. The fourth-order valence-electron chi connectivity index (χ4n) is 3.98. The van der Waals surface area contributed by atoms with Crippen molar-refractivity contribution in [3.05, 3.63) is 42.0 Å². The average Bonchev–Trinajstić information content (AvgIpc) is 3.02. The normalized spacial score (nSPS) is 12.4. The molecule has 2 aromatic carbocycles. The van der Waals surface area contributed by atoms with Crippen LogP contribution < -0.4 is 10.2 Å². The van der Waals surface area contributed by atoms with Gasteiger partial charge in [0, 0.05) is 5.46 Å². The Kier molecular flexibility index (Phi) is 5.25. The van der Waals surface area contributed by atoms with Gasteiger partial charge in [0.15, 0.2) is 0 Å². The van der Waals surface area contributed by atoms with Crippen LogP contribution in [-0.4, -0.2) is 39.3 Å². The predicted molar refractivity (Wildman–Crippen MR) is 112 cm³/mol. The fourth-order valence-corrected chi connectivity index (χ4v) is 3.98. The van der Waals surface area contributed by atoms with Gasteiger partial charge in [-0.2, -0.15) is 0 Å². The molecule has 0 amide bonds. The number of methoxy groups -OCH3 is 1. The van der Waals surface area contributed by atoms with Crippen molar-refractivity contribution in [2.75, 3.05) is 7.11 Å². The van der Waals surface area contributed by atoms with Crippen molar-refractivity contribution < 1.29 is 14.8 Å². The first-order chi connectivity index (χ1) is 13.0. The molecule has 0 saturated heterocycles. The summed E-state index contributed by atoms with van der Waals surface area (Å²) in [5.41, 5.74) is 3.29. The lowest BCUT2D eigenvalue weighted by atomic mass is 9.69. The molecule has 3 rings (SSSR count). The van der Waals surface area contributed by atoms with Crippen molar-refractivity contribution >= 4 is 23.6 Å². The highest BCUT2D eigenvalue weighted by molar-refractivity contribution is 6.60. The molecule has 7 heteroatoms. The van der Waals surface area contributed by atoms with E-state index in [1.54, 1.807) is 0 Å². The van der Waals surface area contributed by atoms with Crippen molar-refractivity contribution in [3.8, 4) is 11.4 Å². The summed E-state index contributed by atoms with van der Waals surface area (Å²) in [4.78, 5) is 1.51. The first-order valence-corrected chi connectivity index (χ1v) is 9.43. The Bertz CT molecular complexity index is 957. The Balaban J connectivity index is 2.24. The summed E-state index contributed by atoms with van der Waals surface area (Å²) in [5.74, 6) is 0.352. The molecule has 2 N–H and O–H groups in total. The Hall–Kier alpha value is -2.38. The maximum Gasteiger partial charge on any atom is 0.492 e. The maximum atomic E-state index is 10.00. The molecule has 0 unspecified atom stereocenters. The lowest BCUT2D eigenvalue weighted by molar-refractivity contribution is 0.284. The van der Waals surface area contributed by atoms with Gasteiger partial charge in [0.25, 0.3) is 0 Å². The van der Waals surface area contributed by atoms with Crippen LogP contribution in [0.1, 0.15) is 46.6 Å². The third-order valence-electron chi connectivity index (χ3n) is 4.84. The van der Waals surface area contributed by atoms with Gasteiger partial charge in [-0.15, -0.1) is 15.0 Å². The van der Waals surface area contributed by atoms with Crippen molar-refractivity contribution in [3.63, 3.8) is 0 Å². The molecule has 6 nitrogen and oxygen atoms in total. The molecule has 0 atom stereocenters. The summed E-state index contributed by atoms with van der Waals surface area (Å²) in [5, 5.41) is 29.1. The largest absolute Gasteiger partial charge is 0.495 e. The predicted octanol–water partition coefficient (Wildman–Crippen LogP) is 2.82. The summed E-state index contributed by atoms with van der Waals surface area (Å²) in [6, 6.07) is 11.4. The van der Waals surface area contributed by atoms with Crippen LogP contribution in [0.5, 0.6) is 5.75 Å². The van der Waals surface area contributed by atoms with Crippen LogP contribution in [0.2, 0.25) is 0 Å². The molecule has 0 aliphatic rings. The highest BCUT2D eigenvalue weighted by Crippen LogP contribution is 2.38. The van der Waals surface area contributed by atoms with Gasteiger partial charge in [-0.05, 0) is 41.0 Å². The molecule has 3 aromatic rings. The Morgan fingerprint density at radius 2 is 1.57 bits per heavy atom. The second kappa shape index (κ2) is 7.22. The van der Waals surface area contributed by atoms with E-state index < -0.39 is 7.12 Å². The zero-order valence-corrected chi connectivity index (χ0v) is 17.4.